The Morgan fingerprint density at radius 1 is 0.617 bits per heavy atom. The summed E-state index contributed by atoms with van der Waals surface area (Å²) in [6, 6.07) is 17.7. The number of rotatable bonds is 20. The number of fused-ring (bicyclic) bond motifs is 2. The van der Waals surface area contributed by atoms with Crippen molar-refractivity contribution in [3.05, 3.63) is 125 Å². The fourth-order valence-corrected chi connectivity index (χ4v) is 14.5. The lowest BCUT2D eigenvalue weighted by Crippen LogP contribution is -2.10. The molecule has 0 spiro atoms. The standard InChI is InChI=1S/C31H32Cl2N2O5S.C30H30Cl2N2O5S/c1-16(2)39-24-13-19(31(36)37-3)14-25-29(24)34-26(41-25)12-17-7-10-20(11-17)38-15-21-28(35-40-30(21)18-8-9-18)27-22(32)5-4-6-23(27)33;1-15(2)38-23-12-18(30(35)36)13-24-28(23)33-25(40-24)11-16-6-9-19(10-16)37-14-20-27(34-39-29(20)17-7-8-17)26-21(31)4-3-5-22(26)32/h4-6,13-14,16-18,20H,7-12,15H2,1-3H3;3-5,12-13,15-17,19H,6-11,14H2,1-2H3,(H,35,36)/t17-,20?;16-,19?/m11/s1. The highest BCUT2D eigenvalue weighted by atomic mass is 35.5. The molecule has 8 aromatic rings. The molecule has 4 saturated carbocycles. The second-order valence-corrected chi connectivity index (χ2v) is 26.0. The van der Waals surface area contributed by atoms with Gasteiger partial charge in [0.15, 0.2) is 0 Å². The summed E-state index contributed by atoms with van der Waals surface area (Å²) < 4.78 is 43.1. The summed E-state index contributed by atoms with van der Waals surface area (Å²) in [6.45, 7) is 8.58. The number of ether oxygens (including phenoxy) is 5. The van der Waals surface area contributed by atoms with Crippen molar-refractivity contribution in [2.45, 2.75) is 154 Å². The van der Waals surface area contributed by atoms with Gasteiger partial charge in [-0.1, -0.05) is 68.8 Å². The molecule has 4 aliphatic rings. The van der Waals surface area contributed by atoms with Crippen LogP contribution in [0.2, 0.25) is 20.1 Å². The Morgan fingerprint density at radius 3 is 1.43 bits per heavy atom. The van der Waals surface area contributed by atoms with Crippen molar-refractivity contribution in [1.29, 1.82) is 0 Å². The molecule has 81 heavy (non-hydrogen) atoms. The first-order chi connectivity index (χ1) is 39.1. The number of methoxy groups -OCH3 is 1. The topological polar surface area (TPSA) is 178 Å². The molecular weight excluding hydrogens is 1150 g/mol. The van der Waals surface area contributed by atoms with Gasteiger partial charge in [-0.15, -0.1) is 22.7 Å². The third kappa shape index (κ3) is 13.2. The number of benzene rings is 4. The molecule has 2 unspecified atom stereocenters. The number of carbonyl (C=O) groups excluding carboxylic acids is 1. The first kappa shape index (κ1) is 57.5. The largest absolute Gasteiger partial charge is 0.489 e. The van der Waals surface area contributed by atoms with Crippen LogP contribution < -0.4 is 9.47 Å². The molecule has 1 N–H and O–H groups in total. The molecule has 4 aliphatic carbocycles. The average molecular weight is 1220 g/mol. The Kier molecular flexibility index (Phi) is 17.7. The fraction of sp³-hybridized carbons (Fsp3) is 0.443. The molecule has 4 aromatic heterocycles. The maximum atomic E-state index is 12.2. The number of carboxylic acids is 1. The van der Waals surface area contributed by atoms with E-state index < -0.39 is 5.97 Å². The molecule has 12 rings (SSSR count). The van der Waals surface area contributed by atoms with Crippen LogP contribution in [0.25, 0.3) is 42.9 Å². The zero-order valence-corrected chi connectivity index (χ0v) is 50.2. The van der Waals surface area contributed by atoms with Gasteiger partial charge in [0.25, 0.3) is 0 Å². The van der Waals surface area contributed by atoms with Crippen LogP contribution in [0.1, 0.15) is 157 Å². The number of esters is 1. The van der Waals surface area contributed by atoms with Gasteiger partial charge in [-0.3, -0.25) is 0 Å². The highest BCUT2D eigenvalue weighted by Crippen LogP contribution is 2.49. The van der Waals surface area contributed by atoms with E-state index in [0.29, 0.717) is 96.6 Å². The molecule has 426 valence electrons. The molecule has 0 saturated heterocycles. The van der Waals surface area contributed by atoms with Crippen LogP contribution in [-0.4, -0.2) is 68.9 Å². The maximum Gasteiger partial charge on any atom is 0.338 e. The van der Waals surface area contributed by atoms with Crippen LogP contribution in [0.15, 0.2) is 69.7 Å². The van der Waals surface area contributed by atoms with E-state index in [1.807, 2.05) is 70.2 Å². The lowest BCUT2D eigenvalue weighted by Gasteiger charge is -2.13. The van der Waals surface area contributed by atoms with Crippen molar-refractivity contribution in [2.24, 2.45) is 11.8 Å². The summed E-state index contributed by atoms with van der Waals surface area (Å²) in [5.41, 5.74) is 6.84. The van der Waals surface area contributed by atoms with Crippen LogP contribution in [0.3, 0.4) is 0 Å². The molecule has 4 fully saturated rings. The van der Waals surface area contributed by atoms with Gasteiger partial charge in [0.05, 0.1) is 95.4 Å². The Morgan fingerprint density at radius 2 is 1.04 bits per heavy atom. The molecule has 20 heteroatoms. The third-order valence-electron chi connectivity index (χ3n) is 15.2. The van der Waals surface area contributed by atoms with Crippen LogP contribution in [0, 0.1) is 11.8 Å². The number of hydrogen-bond donors (Lipinski definition) is 1. The van der Waals surface area contributed by atoms with Crippen molar-refractivity contribution in [2.75, 3.05) is 7.11 Å². The van der Waals surface area contributed by atoms with Gasteiger partial charge in [-0.05, 0) is 152 Å². The summed E-state index contributed by atoms with van der Waals surface area (Å²) in [6.07, 6.45) is 12.1. The number of thiazole rings is 2. The van der Waals surface area contributed by atoms with Crippen LogP contribution in [-0.2, 0) is 40.3 Å². The monoisotopic (exact) mass is 1210 g/mol. The third-order valence-corrected chi connectivity index (χ3v) is 18.5. The normalized spacial score (nSPS) is 19.0. The minimum absolute atomic E-state index is 0.0377. The van der Waals surface area contributed by atoms with Crippen molar-refractivity contribution in [3.8, 4) is 34.0 Å². The summed E-state index contributed by atoms with van der Waals surface area (Å²) in [7, 11) is 1.38. The van der Waals surface area contributed by atoms with Gasteiger partial charge >= 0.3 is 11.9 Å². The van der Waals surface area contributed by atoms with E-state index in [1.165, 1.54) is 7.11 Å². The van der Waals surface area contributed by atoms with Crippen LogP contribution in [0.4, 0.5) is 0 Å². The molecule has 4 heterocycles. The fourth-order valence-electron chi connectivity index (χ4n) is 11.0. The first-order valence-corrected chi connectivity index (χ1v) is 30.8. The lowest BCUT2D eigenvalue weighted by molar-refractivity contribution is 0.0422. The van der Waals surface area contributed by atoms with Gasteiger partial charge in [0.1, 0.15) is 45.4 Å². The van der Waals surface area contributed by atoms with Crippen molar-refractivity contribution in [3.63, 3.8) is 0 Å². The predicted octanol–water partition coefficient (Wildman–Crippen LogP) is 17.2. The second kappa shape index (κ2) is 24.9. The molecule has 0 amide bonds. The first-order valence-electron chi connectivity index (χ1n) is 27.7. The predicted molar refractivity (Wildman–Crippen MR) is 316 cm³/mol. The molecule has 14 nitrogen and oxygen atoms in total. The van der Waals surface area contributed by atoms with E-state index in [2.05, 4.69) is 10.3 Å². The highest BCUT2D eigenvalue weighted by molar-refractivity contribution is 7.19. The Labute approximate surface area is 497 Å². The number of aromatic carboxylic acids is 1. The Balaban J connectivity index is 0.000000170. The smallest absolute Gasteiger partial charge is 0.338 e. The van der Waals surface area contributed by atoms with E-state index in [4.69, 9.17) is 89.1 Å². The maximum absolute atomic E-state index is 12.2. The molecule has 0 radical (unpaired) electrons. The summed E-state index contributed by atoms with van der Waals surface area (Å²) in [5, 5.41) is 22.5. The summed E-state index contributed by atoms with van der Waals surface area (Å²) in [4.78, 5) is 33.6. The zero-order chi connectivity index (χ0) is 56.6. The summed E-state index contributed by atoms with van der Waals surface area (Å²) in [5.74, 6) is 3.21. The van der Waals surface area contributed by atoms with Crippen molar-refractivity contribution in [1.82, 2.24) is 20.3 Å². The number of nitrogens with zero attached hydrogens (tertiary/aromatic N) is 4. The van der Waals surface area contributed by atoms with Gasteiger partial charge in [0.2, 0.25) is 0 Å². The highest BCUT2D eigenvalue weighted by Gasteiger charge is 2.37. The zero-order valence-electron chi connectivity index (χ0n) is 45.5. The average Bonchev–Trinajstić information content (AvgIpc) is 4.21. The van der Waals surface area contributed by atoms with Gasteiger partial charge < -0.3 is 37.8 Å². The lowest BCUT2D eigenvalue weighted by atomic mass is 10.0. The number of carbonyl (C=O) groups is 2. The number of carboxylic acid groups (broad SMARTS) is 1. The van der Waals surface area contributed by atoms with Gasteiger partial charge in [-0.25, -0.2) is 19.6 Å². The Hall–Kier alpha value is -5.30. The number of aromatic nitrogens is 4. The molecule has 0 bridgehead atoms. The molecule has 4 atom stereocenters. The molecule has 0 aliphatic heterocycles. The van der Waals surface area contributed by atoms with E-state index in [1.54, 1.807) is 40.9 Å². The second-order valence-electron chi connectivity index (χ2n) is 22.1. The van der Waals surface area contributed by atoms with E-state index in [-0.39, 0.29) is 35.9 Å². The number of halogens is 4. The Bertz CT molecular complexity index is 3560. The van der Waals surface area contributed by atoms with E-state index >= 15 is 0 Å². The quantitative estimate of drug-likeness (QED) is 0.0713. The van der Waals surface area contributed by atoms with Gasteiger partial charge in [0, 0.05) is 46.9 Å². The summed E-state index contributed by atoms with van der Waals surface area (Å²) >= 11 is 29.2. The van der Waals surface area contributed by atoms with Gasteiger partial charge in [-0.2, -0.15) is 0 Å². The van der Waals surface area contributed by atoms with Crippen molar-refractivity contribution < 1.29 is 47.4 Å². The number of hydrogen-bond acceptors (Lipinski definition) is 15. The van der Waals surface area contributed by atoms with E-state index in [9.17, 15) is 14.7 Å². The molecule has 4 aromatic carbocycles. The SMILES string of the molecule is CC(C)Oc1cc(C(=O)O)cc2sc(C[C@@H]3CCC(OCc4c(-c5c(Cl)cccc5Cl)noc4C4CC4)C3)nc12.COC(=O)c1cc(OC(C)C)c2nc(C[C@@H]3CCC(OCc4c(-c5c(Cl)cccc5Cl)noc4C4CC4)C3)sc2c1. The van der Waals surface area contributed by atoms with Crippen LogP contribution in [0.5, 0.6) is 11.5 Å². The van der Waals surface area contributed by atoms with Crippen molar-refractivity contribution >= 4 is 101 Å². The minimum atomic E-state index is -0.973. The minimum Gasteiger partial charge on any atom is -0.489 e. The molecular formula is C61H62Cl4N4O10S2. The van der Waals surface area contributed by atoms with E-state index in [0.717, 1.165) is 130 Å². The van der Waals surface area contributed by atoms with Crippen LogP contribution >= 0.6 is 69.1 Å².